The van der Waals surface area contributed by atoms with Crippen LogP contribution in [0, 0.1) is 0 Å². The van der Waals surface area contributed by atoms with Crippen molar-refractivity contribution in [1.29, 1.82) is 0 Å². The molecule has 0 heterocycles. The minimum Gasteiger partial charge on any atom is -0.493 e. The normalized spacial score (nSPS) is 10.5. The van der Waals surface area contributed by atoms with Gasteiger partial charge >= 0.3 is 0 Å². The van der Waals surface area contributed by atoms with Crippen molar-refractivity contribution in [2.45, 2.75) is 19.8 Å². The zero-order valence-corrected chi connectivity index (χ0v) is 10.5. The first-order valence-corrected chi connectivity index (χ1v) is 5.64. The SMILES string of the molecule is CCCC(=O)/C=C/c1ccc(OC)c(OC)c1. The fourth-order valence-corrected chi connectivity index (χ4v) is 1.48. The second-order valence-electron chi connectivity index (χ2n) is 3.66. The number of allylic oxidation sites excluding steroid dienone is 1. The molecule has 0 spiro atoms. The maximum atomic E-state index is 11.4. The van der Waals surface area contributed by atoms with Crippen molar-refractivity contribution in [3.05, 3.63) is 29.8 Å². The first kappa shape index (κ1) is 13.3. The summed E-state index contributed by atoms with van der Waals surface area (Å²) in [5.74, 6) is 1.49. The maximum absolute atomic E-state index is 11.4. The molecule has 0 N–H and O–H groups in total. The van der Waals surface area contributed by atoms with Gasteiger partial charge in [0.2, 0.25) is 0 Å². The highest BCUT2D eigenvalue weighted by molar-refractivity contribution is 5.93. The van der Waals surface area contributed by atoms with Crippen LogP contribution in [0.2, 0.25) is 0 Å². The van der Waals surface area contributed by atoms with Crippen LogP contribution < -0.4 is 9.47 Å². The van der Waals surface area contributed by atoms with E-state index in [4.69, 9.17) is 9.47 Å². The molecule has 0 saturated carbocycles. The number of methoxy groups -OCH3 is 2. The van der Waals surface area contributed by atoms with Crippen LogP contribution in [-0.4, -0.2) is 20.0 Å². The molecule has 0 aliphatic rings. The first-order valence-electron chi connectivity index (χ1n) is 5.64. The van der Waals surface area contributed by atoms with Crippen molar-refractivity contribution < 1.29 is 14.3 Å². The van der Waals surface area contributed by atoms with Crippen molar-refractivity contribution in [1.82, 2.24) is 0 Å². The van der Waals surface area contributed by atoms with Crippen molar-refractivity contribution >= 4 is 11.9 Å². The van der Waals surface area contributed by atoms with Gasteiger partial charge in [-0.3, -0.25) is 4.79 Å². The lowest BCUT2D eigenvalue weighted by molar-refractivity contribution is -0.114. The highest BCUT2D eigenvalue weighted by atomic mass is 16.5. The van der Waals surface area contributed by atoms with E-state index in [1.54, 1.807) is 26.4 Å². The van der Waals surface area contributed by atoms with Crippen LogP contribution in [0.3, 0.4) is 0 Å². The monoisotopic (exact) mass is 234 g/mol. The van der Waals surface area contributed by atoms with Crippen molar-refractivity contribution in [3.63, 3.8) is 0 Å². The summed E-state index contributed by atoms with van der Waals surface area (Å²) in [5.41, 5.74) is 0.923. The number of hydrogen-bond donors (Lipinski definition) is 0. The summed E-state index contributed by atoms with van der Waals surface area (Å²) in [6.45, 7) is 1.99. The predicted molar refractivity (Wildman–Crippen MR) is 68.5 cm³/mol. The Bertz CT molecular complexity index is 408. The number of rotatable bonds is 6. The summed E-state index contributed by atoms with van der Waals surface area (Å²) in [6.07, 6.45) is 4.85. The van der Waals surface area contributed by atoms with Crippen molar-refractivity contribution in [2.24, 2.45) is 0 Å². The Labute approximate surface area is 102 Å². The Morgan fingerprint density at radius 2 is 1.94 bits per heavy atom. The maximum Gasteiger partial charge on any atom is 0.161 e. The second kappa shape index (κ2) is 6.74. The van der Waals surface area contributed by atoms with E-state index in [9.17, 15) is 4.79 Å². The van der Waals surface area contributed by atoms with Crippen molar-refractivity contribution in [3.8, 4) is 11.5 Å². The summed E-state index contributed by atoms with van der Waals surface area (Å²) >= 11 is 0. The van der Waals surface area contributed by atoms with E-state index in [-0.39, 0.29) is 5.78 Å². The minimum atomic E-state index is 0.141. The number of hydrogen-bond acceptors (Lipinski definition) is 3. The Balaban J connectivity index is 2.82. The van der Waals surface area contributed by atoms with Gasteiger partial charge in [0.1, 0.15) is 0 Å². The quantitative estimate of drug-likeness (QED) is 0.709. The predicted octanol–water partition coefficient (Wildman–Crippen LogP) is 3.09. The van der Waals surface area contributed by atoms with Gasteiger partial charge in [-0.15, -0.1) is 0 Å². The lowest BCUT2D eigenvalue weighted by Gasteiger charge is -2.07. The third kappa shape index (κ3) is 3.94. The molecule has 0 saturated heterocycles. The van der Waals surface area contributed by atoms with Gasteiger partial charge in [-0.2, -0.15) is 0 Å². The molecule has 92 valence electrons. The molecule has 0 unspecified atom stereocenters. The van der Waals surface area contributed by atoms with E-state index in [0.29, 0.717) is 17.9 Å². The molecule has 0 fully saturated rings. The minimum absolute atomic E-state index is 0.141. The lowest BCUT2D eigenvalue weighted by Crippen LogP contribution is -1.92. The fourth-order valence-electron chi connectivity index (χ4n) is 1.48. The summed E-state index contributed by atoms with van der Waals surface area (Å²) in [7, 11) is 3.19. The summed E-state index contributed by atoms with van der Waals surface area (Å²) < 4.78 is 10.3. The number of benzene rings is 1. The van der Waals surface area contributed by atoms with Gasteiger partial charge in [-0.05, 0) is 30.2 Å². The van der Waals surface area contributed by atoms with Gasteiger partial charge < -0.3 is 9.47 Å². The van der Waals surface area contributed by atoms with Gasteiger partial charge in [-0.25, -0.2) is 0 Å². The Hall–Kier alpha value is -1.77. The number of ketones is 1. The highest BCUT2D eigenvalue weighted by Crippen LogP contribution is 2.27. The molecule has 1 rings (SSSR count). The van der Waals surface area contributed by atoms with Crippen LogP contribution in [0.1, 0.15) is 25.3 Å². The Morgan fingerprint density at radius 3 is 2.53 bits per heavy atom. The summed E-state index contributed by atoms with van der Waals surface area (Å²) in [4.78, 5) is 11.4. The van der Waals surface area contributed by atoms with E-state index in [0.717, 1.165) is 12.0 Å². The molecule has 0 radical (unpaired) electrons. The van der Waals surface area contributed by atoms with Crippen LogP contribution >= 0.6 is 0 Å². The molecule has 0 atom stereocenters. The molecular formula is C14H18O3. The van der Waals surface area contributed by atoms with Crippen LogP contribution in [0.15, 0.2) is 24.3 Å². The average Bonchev–Trinajstić information content (AvgIpc) is 2.36. The highest BCUT2D eigenvalue weighted by Gasteiger charge is 2.02. The van der Waals surface area contributed by atoms with E-state index < -0.39 is 0 Å². The van der Waals surface area contributed by atoms with Crippen molar-refractivity contribution in [2.75, 3.05) is 14.2 Å². The Kier molecular flexibility index (Phi) is 5.27. The van der Waals surface area contributed by atoms with Gasteiger partial charge in [0.15, 0.2) is 17.3 Å². The number of carbonyl (C=O) groups is 1. The van der Waals surface area contributed by atoms with Gasteiger partial charge in [0, 0.05) is 6.42 Å². The largest absolute Gasteiger partial charge is 0.493 e. The molecule has 0 amide bonds. The lowest BCUT2D eigenvalue weighted by atomic mass is 10.1. The average molecular weight is 234 g/mol. The van der Waals surface area contributed by atoms with E-state index in [2.05, 4.69) is 0 Å². The van der Waals surface area contributed by atoms with Crippen LogP contribution in [0.4, 0.5) is 0 Å². The van der Waals surface area contributed by atoms with Crippen LogP contribution in [0.25, 0.3) is 6.08 Å². The Morgan fingerprint density at radius 1 is 1.24 bits per heavy atom. The molecule has 3 nitrogen and oxygen atoms in total. The molecule has 0 bridgehead atoms. The van der Waals surface area contributed by atoms with E-state index in [1.165, 1.54) is 0 Å². The molecule has 3 heteroatoms. The van der Waals surface area contributed by atoms with Crippen LogP contribution in [0.5, 0.6) is 11.5 Å². The van der Waals surface area contributed by atoms with Gasteiger partial charge in [-0.1, -0.05) is 19.1 Å². The molecule has 0 aliphatic carbocycles. The molecule has 1 aromatic carbocycles. The second-order valence-corrected chi connectivity index (χ2v) is 3.66. The molecule has 0 aliphatic heterocycles. The zero-order valence-electron chi connectivity index (χ0n) is 10.5. The zero-order chi connectivity index (χ0) is 12.7. The number of ether oxygens (including phenoxy) is 2. The third-order valence-electron chi connectivity index (χ3n) is 2.37. The molecule has 0 aromatic heterocycles. The first-order chi connectivity index (χ1) is 8.21. The summed E-state index contributed by atoms with van der Waals surface area (Å²) in [6, 6.07) is 5.55. The summed E-state index contributed by atoms with van der Waals surface area (Å²) in [5, 5.41) is 0. The van der Waals surface area contributed by atoms with E-state index in [1.807, 2.05) is 25.1 Å². The fraction of sp³-hybridized carbons (Fsp3) is 0.357. The standard InChI is InChI=1S/C14H18O3/c1-4-5-12(15)8-6-11-7-9-13(16-2)14(10-11)17-3/h6-10H,4-5H2,1-3H3/b8-6+. The van der Waals surface area contributed by atoms with Gasteiger partial charge in [0.25, 0.3) is 0 Å². The molecule has 1 aromatic rings. The molecular weight excluding hydrogens is 216 g/mol. The van der Waals surface area contributed by atoms with Gasteiger partial charge in [0.05, 0.1) is 14.2 Å². The topological polar surface area (TPSA) is 35.5 Å². The molecule has 17 heavy (non-hydrogen) atoms. The smallest absolute Gasteiger partial charge is 0.161 e. The van der Waals surface area contributed by atoms with Crippen LogP contribution in [-0.2, 0) is 4.79 Å². The number of carbonyl (C=O) groups excluding carboxylic acids is 1. The third-order valence-corrected chi connectivity index (χ3v) is 2.37. The van der Waals surface area contributed by atoms with E-state index >= 15 is 0 Å².